The first-order valence-corrected chi connectivity index (χ1v) is 33.4. The van der Waals surface area contributed by atoms with Gasteiger partial charge in [0.2, 0.25) is 0 Å². The molecular formula is C73H124O6. The van der Waals surface area contributed by atoms with E-state index in [-0.39, 0.29) is 31.1 Å². The minimum Gasteiger partial charge on any atom is -0.462 e. The lowest BCUT2D eigenvalue weighted by atomic mass is 10.0. The zero-order valence-corrected chi connectivity index (χ0v) is 51.9. The number of ether oxygens (including phenoxy) is 3. The van der Waals surface area contributed by atoms with Gasteiger partial charge in [-0.15, -0.1) is 0 Å². The van der Waals surface area contributed by atoms with E-state index >= 15 is 0 Å². The van der Waals surface area contributed by atoms with Crippen LogP contribution in [0.25, 0.3) is 0 Å². The van der Waals surface area contributed by atoms with E-state index in [4.69, 9.17) is 14.2 Å². The minimum atomic E-state index is -0.791. The minimum absolute atomic E-state index is 0.0865. The van der Waals surface area contributed by atoms with E-state index in [1.54, 1.807) is 0 Å². The highest BCUT2D eigenvalue weighted by atomic mass is 16.6. The molecule has 1 atom stereocenters. The predicted molar refractivity (Wildman–Crippen MR) is 343 cm³/mol. The van der Waals surface area contributed by atoms with Gasteiger partial charge in [-0.1, -0.05) is 284 Å². The van der Waals surface area contributed by atoms with Gasteiger partial charge < -0.3 is 14.2 Å². The molecule has 6 nitrogen and oxygen atoms in total. The number of allylic oxidation sites excluding steroid dienone is 18. The number of carbonyl (C=O) groups is 3. The molecule has 0 aromatic carbocycles. The summed E-state index contributed by atoms with van der Waals surface area (Å²) in [7, 11) is 0. The van der Waals surface area contributed by atoms with Crippen molar-refractivity contribution in [3.8, 4) is 0 Å². The maximum absolute atomic E-state index is 12.9. The van der Waals surface area contributed by atoms with E-state index < -0.39 is 6.10 Å². The molecule has 0 N–H and O–H groups in total. The second kappa shape index (κ2) is 66.6. The second-order valence-corrected chi connectivity index (χ2v) is 22.0. The van der Waals surface area contributed by atoms with E-state index in [1.165, 1.54) is 148 Å². The first-order valence-electron chi connectivity index (χ1n) is 33.4. The summed E-state index contributed by atoms with van der Waals surface area (Å²) in [5, 5.41) is 0. The van der Waals surface area contributed by atoms with Crippen molar-refractivity contribution in [2.75, 3.05) is 13.2 Å². The van der Waals surface area contributed by atoms with Crippen molar-refractivity contribution >= 4 is 17.9 Å². The van der Waals surface area contributed by atoms with Crippen LogP contribution in [0.2, 0.25) is 0 Å². The van der Waals surface area contributed by atoms with Crippen molar-refractivity contribution in [3.05, 3.63) is 109 Å². The lowest BCUT2D eigenvalue weighted by Crippen LogP contribution is -2.30. The van der Waals surface area contributed by atoms with Gasteiger partial charge >= 0.3 is 17.9 Å². The van der Waals surface area contributed by atoms with Crippen LogP contribution >= 0.6 is 0 Å². The topological polar surface area (TPSA) is 78.9 Å². The van der Waals surface area contributed by atoms with Crippen LogP contribution in [-0.2, 0) is 28.6 Å². The van der Waals surface area contributed by atoms with Gasteiger partial charge in [0.25, 0.3) is 0 Å². The van der Waals surface area contributed by atoms with Crippen LogP contribution in [0, 0.1) is 0 Å². The Labute approximate surface area is 489 Å². The number of carbonyl (C=O) groups excluding carboxylic acids is 3. The van der Waals surface area contributed by atoms with Crippen LogP contribution in [0.4, 0.5) is 0 Å². The van der Waals surface area contributed by atoms with Crippen molar-refractivity contribution < 1.29 is 28.6 Å². The van der Waals surface area contributed by atoms with Gasteiger partial charge in [0.1, 0.15) is 13.2 Å². The van der Waals surface area contributed by atoms with Crippen molar-refractivity contribution in [3.63, 3.8) is 0 Å². The molecule has 0 aliphatic carbocycles. The maximum Gasteiger partial charge on any atom is 0.306 e. The van der Waals surface area contributed by atoms with Crippen LogP contribution in [-0.4, -0.2) is 37.2 Å². The summed E-state index contributed by atoms with van der Waals surface area (Å²) in [4.78, 5) is 38.4. The molecule has 0 spiro atoms. The van der Waals surface area contributed by atoms with Gasteiger partial charge in [-0.3, -0.25) is 14.4 Å². The van der Waals surface area contributed by atoms with Crippen molar-refractivity contribution in [1.29, 1.82) is 0 Å². The fraction of sp³-hybridized carbons (Fsp3) is 0.712. The third kappa shape index (κ3) is 64.8. The van der Waals surface area contributed by atoms with Crippen LogP contribution in [0.1, 0.15) is 316 Å². The van der Waals surface area contributed by atoms with E-state index in [1.807, 2.05) is 0 Å². The largest absolute Gasteiger partial charge is 0.462 e. The number of unbranched alkanes of at least 4 members (excludes halogenated alkanes) is 31. The van der Waals surface area contributed by atoms with Crippen molar-refractivity contribution in [1.82, 2.24) is 0 Å². The fourth-order valence-electron chi connectivity index (χ4n) is 9.24. The molecule has 6 heteroatoms. The van der Waals surface area contributed by atoms with Crippen LogP contribution < -0.4 is 0 Å². The van der Waals surface area contributed by atoms with Crippen LogP contribution in [0.15, 0.2) is 109 Å². The molecule has 79 heavy (non-hydrogen) atoms. The van der Waals surface area contributed by atoms with E-state index in [9.17, 15) is 14.4 Å². The quantitative estimate of drug-likeness (QED) is 0.0261. The zero-order chi connectivity index (χ0) is 57.1. The molecule has 0 radical (unpaired) electrons. The third-order valence-electron chi connectivity index (χ3n) is 14.2. The Hall–Kier alpha value is -3.93. The Morgan fingerprint density at radius 2 is 0.519 bits per heavy atom. The predicted octanol–water partition coefficient (Wildman–Crippen LogP) is 23.0. The van der Waals surface area contributed by atoms with E-state index in [0.717, 1.165) is 128 Å². The third-order valence-corrected chi connectivity index (χ3v) is 14.2. The van der Waals surface area contributed by atoms with E-state index in [0.29, 0.717) is 19.3 Å². The summed E-state index contributed by atoms with van der Waals surface area (Å²) in [5.74, 6) is -0.900. The van der Waals surface area contributed by atoms with Crippen molar-refractivity contribution in [2.45, 2.75) is 322 Å². The fourth-order valence-corrected chi connectivity index (χ4v) is 9.24. The Morgan fingerprint density at radius 1 is 0.266 bits per heavy atom. The molecule has 0 saturated carbocycles. The molecule has 1 unspecified atom stereocenters. The van der Waals surface area contributed by atoms with Gasteiger partial charge in [0, 0.05) is 19.3 Å². The van der Waals surface area contributed by atoms with Gasteiger partial charge in [-0.2, -0.15) is 0 Å². The zero-order valence-electron chi connectivity index (χ0n) is 51.9. The standard InChI is InChI=1S/C73H124O6/c1-4-7-10-13-16-19-22-25-27-29-31-33-35-36-38-39-41-43-45-48-51-54-57-60-63-66-72(75)78-69-70(68-77-71(74)65-62-59-56-53-50-47-24-21-18-15-12-9-6-3)79-73(76)67-64-61-58-55-52-49-46-44-42-40-37-34-32-30-28-26-23-20-17-14-11-8-5-2/h8,11-12,15,17,20-22,24-26,28-29,31-32,34-36,70H,4-7,9-10,13-14,16,18-19,23,27,30,33,37-69H2,1-3H3/b11-8-,15-12-,20-17-,24-21-,25-22-,28-26-,31-29-,34-32-,36-35-. The SMILES string of the molecule is CC/C=C\C/C=C\C/C=C\C/C=C\CCCCCCCCCCCCC(=O)OC(COC(=O)CCCCCCC/C=C\C/C=C\CCC)COC(=O)CCCCCCCCCCCC/C=C\C/C=C\C/C=C\CCCCCCC. The maximum atomic E-state index is 12.9. The molecule has 0 heterocycles. The average molecular weight is 1100 g/mol. The summed E-state index contributed by atoms with van der Waals surface area (Å²) in [5.41, 5.74) is 0. The smallest absolute Gasteiger partial charge is 0.306 e. The summed E-state index contributed by atoms with van der Waals surface area (Å²) in [6.07, 6.45) is 91.0. The average Bonchev–Trinajstić information content (AvgIpc) is 3.45. The van der Waals surface area contributed by atoms with E-state index in [2.05, 4.69) is 130 Å². The van der Waals surface area contributed by atoms with Gasteiger partial charge in [0.15, 0.2) is 6.10 Å². The Morgan fingerprint density at radius 3 is 0.823 bits per heavy atom. The second-order valence-electron chi connectivity index (χ2n) is 22.0. The molecule has 0 aliphatic rings. The molecule has 452 valence electrons. The Bertz CT molecular complexity index is 1590. The molecule has 0 rings (SSSR count). The van der Waals surface area contributed by atoms with Crippen molar-refractivity contribution in [2.24, 2.45) is 0 Å². The van der Waals surface area contributed by atoms with Gasteiger partial charge in [-0.05, 0) is 122 Å². The molecule has 0 aliphatic heterocycles. The molecular weight excluding hydrogens is 973 g/mol. The van der Waals surface area contributed by atoms with Crippen LogP contribution in [0.3, 0.4) is 0 Å². The van der Waals surface area contributed by atoms with Gasteiger partial charge in [-0.25, -0.2) is 0 Å². The normalized spacial score (nSPS) is 12.8. The molecule has 0 bridgehead atoms. The summed E-state index contributed by atoms with van der Waals surface area (Å²) < 4.78 is 16.9. The Kier molecular flexibility index (Phi) is 63.3. The van der Waals surface area contributed by atoms with Gasteiger partial charge in [0.05, 0.1) is 0 Å². The summed E-state index contributed by atoms with van der Waals surface area (Å²) in [6, 6.07) is 0. The molecule has 0 saturated heterocycles. The summed E-state index contributed by atoms with van der Waals surface area (Å²) >= 11 is 0. The number of hydrogen-bond acceptors (Lipinski definition) is 6. The first-order chi connectivity index (χ1) is 39.0. The Balaban J connectivity index is 4.33. The lowest BCUT2D eigenvalue weighted by Gasteiger charge is -2.18. The van der Waals surface area contributed by atoms with Crippen LogP contribution in [0.5, 0.6) is 0 Å². The number of esters is 3. The molecule has 0 fully saturated rings. The first kappa shape index (κ1) is 75.1. The number of rotatable bonds is 60. The lowest BCUT2D eigenvalue weighted by molar-refractivity contribution is -0.167. The highest BCUT2D eigenvalue weighted by Crippen LogP contribution is 2.16. The number of hydrogen-bond donors (Lipinski definition) is 0. The highest BCUT2D eigenvalue weighted by Gasteiger charge is 2.19. The summed E-state index contributed by atoms with van der Waals surface area (Å²) in [6.45, 7) is 6.46. The monoisotopic (exact) mass is 1100 g/mol. The molecule has 0 aromatic rings. The molecule has 0 amide bonds. The molecule has 0 aromatic heterocycles. The highest BCUT2D eigenvalue weighted by molar-refractivity contribution is 5.71.